The number of aromatic amines is 2. The van der Waals surface area contributed by atoms with Gasteiger partial charge in [-0.1, -0.05) is 0 Å². The van der Waals surface area contributed by atoms with E-state index in [0.29, 0.717) is 17.3 Å². The molecule has 2 aromatic heterocycles. The first-order valence-corrected chi connectivity index (χ1v) is 7.58. The Kier molecular flexibility index (Phi) is 7.32. The van der Waals surface area contributed by atoms with Gasteiger partial charge >= 0.3 is 0 Å². The number of nitrogen functional groups attached to an aromatic ring is 2. The largest absolute Gasteiger partial charge is 0.369 e. The molecular formula is C15H23N7O3. The fraction of sp³-hybridized carbons (Fsp3) is 0.400. The van der Waals surface area contributed by atoms with Crippen molar-refractivity contribution in [2.45, 2.75) is 26.7 Å². The molecule has 1 fully saturated rings. The van der Waals surface area contributed by atoms with Gasteiger partial charge < -0.3 is 16.4 Å². The van der Waals surface area contributed by atoms with E-state index in [-0.39, 0.29) is 23.0 Å². The number of anilines is 2. The van der Waals surface area contributed by atoms with Crippen LogP contribution in [0.2, 0.25) is 0 Å². The summed E-state index contributed by atoms with van der Waals surface area (Å²) in [7, 11) is 1.84. The van der Waals surface area contributed by atoms with Gasteiger partial charge in [-0.2, -0.15) is 0 Å². The number of carbonyl (C=O) groups excluding carboxylic acids is 1. The summed E-state index contributed by atoms with van der Waals surface area (Å²) in [5.74, 6) is 0.625. The molecule has 1 amide bonds. The highest BCUT2D eigenvalue weighted by atomic mass is 16.2. The number of carbonyl (C=O) groups is 1. The monoisotopic (exact) mass is 349 g/mol. The second kappa shape index (κ2) is 9.21. The maximum atomic E-state index is 10.5. The number of H-pyrrole nitrogens is 2. The normalized spacial score (nSPS) is 12.8. The van der Waals surface area contributed by atoms with Gasteiger partial charge in [0.25, 0.3) is 11.1 Å². The van der Waals surface area contributed by atoms with E-state index in [9.17, 15) is 14.4 Å². The number of nitrogens with one attached hydrogen (secondary N) is 2. The molecule has 0 bridgehead atoms. The highest BCUT2D eigenvalue weighted by Crippen LogP contribution is 2.04. The first-order chi connectivity index (χ1) is 11.7. The molecule has 136 valence electrons. The number of aromatic nitrogens is 4. The number of aryl methyl sites for hydroxylation is 2. The molecule has 1 aliphatic rings. The molecule has 10 heteroatoms. The van der Waals surface area contributed by atoms with Crippen LogP contribution < -0.4 is 22.6 Å². The van der Waals surface area contributed by atoms with Crippen molar-refractivity contribution in [1.29, 1.82) is 0 Å². The Hall–Kier alpha value is -3.17. The van der Waals surface area contributed by atoms with Crippen molar-refractivity contribution in [2.75, 3.05) is 25.1 Å². The standard InChI is InChI=1S/2C5H7N3O.C5H9NO/c2*1-3-2-4(9)8-5(6)7-3;1-6-4-2-3-5(6)7/h2*2H,1H3,(H3,6,7,8,9);2-4H2,1H3. The van der Waals surface area contributed by atoms with Crippen LogP contribution in [0.25, 0.3) is 0 Å². The second-order valence-corrected chi connectivity index (χ2v) is 5.46. The predicted molar refractivity (Wildman–Crippen MR) is 94.9 cm³/mol. The van der Waals surface area contributed by atoms with Gasteiger partial charge in [-0.3, -0.25) is 24.4 Å². The average Bonchev–Trinajstić information content (AvgIpc) is 2.81. The van der Waals surface area contributed by atoms with Gasteiger partial charge in [-0.25, -0.2) is 9.97 Å². The van der Waals surface area contributed by atoms with Crippen LogP contribution in [0, 0.1) is 13.8 Å². The molecule has 6 N–H and O–H groups in total. The summed E-state index contributed by atoms with van der Waals surface area (Å²) in [6, 6.07) is 2.77. The van der Waals surface area contributed by atoms with Gasteiger partial charge in [0, 0.05) is 43.5 Å². The number of hydrogen-bond acceptors (Lipinski definition) is 7. The highest BCUT2D eigenvalue weighted by Gasteiger charge is 2.14. The first kappa shape index (κ1) is 19.9. The number of nitrogens with zero attached hydrogens (tertiary/aromatic N) is 3. The van der Waals surface area contributed by atoms with E-state index < -0.39 is 0 Å². The molecule has 0 saturated carbocycles. The fourth-order valence-electron chi connectivity index (χ4n) is 1.99. The number of rotatable bonds is 0. The summed E-state index contributed by atoms with van der Waals surface area (Å²) in [5.41, 5.74) is 11.2. The minimum atomic E-state index is -0.208. The molecule has 1 saturated heterocycles. The molecule has 0 spiro atoms. The van der Waals surface area contributed by atoms with E-state index in [1.54, 1.807) is 18.7 Å². The number of amides is 1. The number of hydrogen-bond donors (Lipinski definition) is 4. The van der Waals surface area contributed by atoms with Crippen molar-refractivity contribution in [3.8, 4) is 0 Å². The van der Waals surface area contributed by atoms with Crippen LogP contribution in [-0.2, 0) is 4.79 Å². The van der Waals surface area contributed by atoms with Crippen LogP contribution in [0.15, 0.2) is 21.7 Å². The zero-order chi connectivity index (χ0) is 19.0. The smallest absolute Gasteiger partial charge is 0.252 e. The number of likely N-dealkylation sites (tertiary alicyclic amines) is 1. The third kappa shape index (κ3) is 7.77. The third-order valence-electron chi connectivity index (χ3n) is 3.09. The van der Waals surface area contributed by atoms with Crippen molar-refractivity contribution in [3.05, 3.63) is 44.2 Å². The average molecular weight is 349 g/mol. The third-order valence-corrected chi connectivity index (χ3v) is 3.09. The molecule has 2 aromatic rings. The molecule has 0 radical (unpaired) electrons. The van der Waals surface area contributed by atoms with Crippen LogP contribution in [0.5, 0.6) is 0 Å². The quantitative estimate of drug-likeness (QED) is 0.500. The van der Waals surface area contributed by atoms with Crippen molar-refractivity contribution in [2.24, 2.45) is 0 Å². The SMILES string of the molecule is CN1CCCC1=O.Cc1cc(=O)[nH]c(N)n1.Cc1cc(=O)[nH]c(N)n1. The molecule has 10 nitrogen and oxygen atoms in total. The molecule has 1 aliphatic heterocycles. The van der Waals surface area contributed by atoms with E-state index in [2.05, 4.69) is 19.9 Å². The first-order valence-electron chi connectivity index (χ1n) is 7.58. The van der Waals surface area contributed by atoms with Crippen LogP contribution in [-0.4, -0.2) is 44.3 Å². The maximum absolute atomic E-state index is 10.5. The van der Waals surface area contributed by atoms with Crippen LogP contribution >= 0.6 is 0 Å². The molecule has 3 rings (SSSR count). The van der Waals surface area contributed by atoms with Gasteiger partial charge in [0.15, 0.2) is 0 Å². The summed E-state index contributed by atoms with van der Waals surface area (Å²) in [6.45, 7) is 4.38. The van der Waals surface area contributed by atoms with Crippen molar-refractivity contribution < 1.29 is 4.79 Å². The van der Waals surface area contributed by atoms with Gasteiger partial charge in [-0.05, 0) is 20.3 Å². The van der Waals surface area contributed by atoms with Crippen molar-refractivity contribution in [1.82, 2.24) is 24.8 Å². The van der Waals surface area contributed by atoms with Crippen molar-refractivity contribution >= 4 is 17.8 Å². The van der Waals surface area contributed by atoms with E-state index in [4.69, 9.17) is 11.5 Å². The minimum absolute atomic E-state index is 0.167. The van der Waals surface area contributed by atoms with E-state index in [1.807, 2.05) is 7.05 Å². The van der Waals surface area contributed by atoms with E-state index >= 15 is 0 Å². The second-order valence-electron chi connectivity index (χ2n) is 5.46. The summed E-state index contributed by atoms with van der Waals surface area (Å²) in [4.78, 5) is 45.5. The molecule has 0 atom stereocenters. The van der Waals surface area contributed by atoms with Crippen LogP contribution in [0.4, 0.5) is 11.9 Å². The number of nitrogens with two attached hydrogens (primary N) is 2. The Morgan fingerprint density at radius 3 is 1.60 bits per heavy atom. The lowest BCUT2D eigenvalue weighted by Crippen LogP contribution is -2.17. The summed E-state index contributed by atoms with van der Waals surface area (Å²) < 4.78 is 0. The Morgan fingerprint density at radius 1 is 0.960 bits per heavy atom. The van der Waals surface area contributed by atoms with E-state index in [0.717, 1.165) is 19.4 Å². The summed E-state index contributed by atoms with van der Waals surface area (Å²) in [5, 5.41) is 0. The Bertz CT molecular complexity index is 724. The molecular weight excluding hydrogens is 326 g/mol. The van der Waals surface area contributed by atoms with Gasteiger partial charge in [0.1, 0.15) is 0 Å². The maximum Gasteiger partial charge on any atom is 0.252 e. The van der Waals surface area contributed by atoms with Crippen LogP contribution in [0.3, 0.4) is 0 Å². The summed E-state index contributed by atoms with van der Waals surface area (Å²) >= 11 is 0. The molecule has 25 heavy (non-hydrogen) atoms. The fourth-order valence-corrected chi connectivity index (χ4v) is 1.99. The summed E-state index contributed by atoms with van der Waals surface area (Å²) in [6.07, 6.45) is 1.81. The Labute approximate surface area is 144 Å². The Balaban J connectivity index is 0.000000189. The van der Waals surface area contributed by atoms with Gasteiger partial charge in [0.2, 0.25) is 17.8 Å². The zero-order valence-corrected chi connectivity index (χ0v) is 14.5. The topological polar surface area (TPSA) is 164 Å². The molecule has 0 aliphatic carbocycles. The van der Waals surface area contributed by atoms with Crippen LogP contribution in [0.1, 0.15) is 24.2 Å². The zero-order valence-electron chi connectivity index (χ0n) is 14.5. The molecule has 3 heterocycles. The van der Waals surface area contributed by atoms with E-state index in [1.165, 1.54) is 12.1 Å². The van der Waals surface area contributed by atoms with Gasteiger partial charge in [-0.15, -0.1) is 0 Å². The lowest BCUT2D eigenvalue weighted by Gasteiger charge is -2.03. The lowest BCUT2D eigenvalue weighted by atomic mass is 10.4. The molecule has 0 aromatic carbocycles. The Morgan fingerprint density at radius 2 is 1.40 bits per heavy atom. The minimum Gasteiger partial charge on any atom is -0.369 e. The molecule has 0 unspecified atom stereocenters. The van der Waals surface area contributed by atoms with Crippen molar-refractivity contribution in [3.63, 3.8) is 0 Å². The lowest BCUT2D eigenvalue weighted by molar-refractivity contribution is -0.126. The predicted octanol–water partition coefficient (Wildman–Crippen LogP) is -0.440. The highest BCUT2D eigenvalue weighted by molar-refractivity contribution is 5.77. The van der Waals surface area contributed by atoms with Gasteiger partial charge in [0.05, 0.1) is 0 Å².